The van der Waals surface area contributed by atoms with Crippen molar-refractivity contribution in [2.45, 2.75) is 46.4 Å². The van der Waals surface area contributed by atoms with E-state index in [2.05, 4.69) is 50.6 Å². The molecule has 24 heavy (non-hydrogen) atoms. The van der Waals surface area contributed by atoms with E-state index < -0.39 is 0 Å². The maximum Gasteiger partial charge on any atom is 0.151 e. The highest BCUT2D eigenvalue weighted by Crippen LogP contribution is 2.31. The molecule has 6 nitrogen and oxygen atoms in total. The van der Waals surface area contributed by atoms with Crippen LogP contribution in [0.25, 0.3) is 0 Å². The number of nitrogens with zero attached hydrogens (tertiary/aromatic N) is 6. The average Bonchev–Trinajstić information content (AvgIpc) is 3.26. The van der Waals surface area contributed by atoms with Gasteiger partial charge in [-0.1, -0.05) is 0 Å². The summed E-state index contributed by atoms with van der Waals surface area (Å²) in [6.45, 7) is 8.81. The molecule has 0 atom stereocenters. The number of aromatic nitrogens is 5. The van der Waals surface area contributed by atoms with Gasteiger partial charge in [0, 0.05) is 30.5 Å². The topological polar surface area (TPSA) is 51.8 Å². The lowest BCUT2D eigenvalue weighted by molar-refractivity contribution is 0.502. The Labute approximate surface area is 141 Å². The van der Waals surface area contributed by atoms with Gasteiger partial charge in [-0.05, 0) is 45.0 Å². The first-order valence-corrected chi connectivity index (χ1v) is 8.37. The number of rotatable bonds is 4. The van der Waals surface area contributed by atoms with E-state index in [1.54, 1.807) is 0 Å². The third-order valence-electron chi connectivity index (χ3n) is 4.49. The molecule has 0 aliphatic carbocycles. The van der Waals surface area contributed by atoms with E-state index in [9.17, 15) is 0 Å². The Kier molecular flexibility index (Phi) is 3.59. The molecule has 0 fully saturated rings. The Hall–Kier alpha value is -2.63. The van der Waals surface area contributed by atoms with Gasteiger partial charge >= 0.3 is 0 Å². The molecule has 3 aromatic rings. The van der Waals surface area contributed by atoms with E-state index in [0.717, 1.165) is 36.8 Å². The van der Waals surface area contributed by atoms with Gasteiger partial charge in [0.25, 0.3) is 0 Å². The number of anilines is 1. The Morgan fingerprint density at radius 1 is 1.08 bits per heavy atom. The molecule has 0 radical (unpaired) electrons. The number of fused-ring (bicyclic) bond motifs is 1. The smallest absolute Gasteiger partial charge is 0.151 e. The van der Waals surface area contributed by atoms with Crippen molar-refractivity contribution in [3.63, 3.8) is 0 Å². The van der Waals surface area contributed by atoms with E-state index in [0.29, 0.717) is 6.04 Å². The Bertz CT molecular complexity index is 829. The fraction of sp³-hybridized carbons (Fsp3) is 0.389. The minimum atomic E-state index is 0.348. The molecule has 0 bridgehead atoms. The van der Waals surface area contributed by atoms with Gasteiger partial charge in [-0.15, -0.1) is 5.10 Å². The van der Waals surface area contributed by atoms with Gasteiger partial charge in [-0.25, -0.2) is 0 Å². The summed E-state index contributed by atoms with van der Waals surface area (Å²) < 4.78 is 4.33. The van der Waals surface area contributed by atoms with Crippen molar-refractivity contribution < 1.29 is 0 Å². The molecule has 0 N–H and O–H groups in total. The molecule has 1 aliphatic rings. The van der Waals surface area contributed by atoms with Crippen LogP contribution in [0, 0.1) is 6.92 Å². The summed E-state index contributed by atoms with van der Waals surface area (Å²) in [5, 5.41) is 13.4. The fourth-order valence-corrected chi connectivity index (χ4v) is 3.26. The van der Waals surface area contributed by atoms with Crippen LogP contribution in [0.1, 0.15) is 42.5 Å². The summed E-state index contributed by atoms with van der Waals surface area (Å²) in [5.74, 6) is 0.930. The van der Waals surface area contributed by atoms with Gasteiger partial charge < -0.3 is 9.47 Å². The van der Waals surface area contributed by atoms with Gasteiger partial charge in [0.1, 0.15) is 0 Å². The third-order valence-corrected chi connectivity index (χ3v) is 4.49. The van der Waals surface area contributed by atoms with E-state index >= 15 is 0 Å². The largest absolute Gasteiger partial charge is 0.348 e. The molecule has 0 saturated heterocycles. The molecule has 0 saturated carbocycles. The van der Waals surface area contributed by atoms with Crippen LogP contribution in [0.4, 0.5) is 5.82 Å². The standard InChI is InChI=1S/C18H22N6/c1-13(2)24-17-12-23(18-7-6-14(3)19-20-18)10-15(17)16(21-24)11-22-8-4-5-9-22/h4-9,13H,10-12H2,1-3H3. The van der Waals surface area contributed by atoms with Crippen LogP contribution in [0.3, 0.4) is 0 Å². The van der Waals surface area contributed by atoms with Crippen molar-refractivity contribution >= 4 is 5.82 Å². The molecule has 0 unspecified atom stereocenters. The number of aryl methyl sites for hydroxylation is 1. The highest BCUT2D eigenvalue weighted by Gasteiger charge is 2.29. The number of hydrogen-bond acceptors (Lipinski definition) is 4. The van der Waals surface area contributed by atoms with Gasteiger partial charge in [0.2, 0.25) is 0 Å². The molecular weight excluding hydrogens is 300 g/mol. The van der Waals surface area contributed by atoms with Crippen molar-refractivity contribution in [1.29, 1.82) is 0 Å². The lowest BCUT2D eigenvalue weighted by atomic mass is 10.2. The van der Waals surface area contributed by atoms with Crippen molar-refractivity contribution in [2.75, 3.05) is 4.90 Å². The van der Waals surface area contributed by atoms with E-state index in [4.69, 9.17) is 5.10 Å². The molecule has 4 heterocycles. The SMILES string of the molecule is Cc1ccc(N2Cc3c(Cn4cccc4)nn(C(C)C)c3C2)nn1. The van der Waals surface area contributed by atoms with Gasteiger partial charge in [-0.2, -0.15) is 10.2 Å². The summed E-state index contributed by atoms with van der Waals surface area (Å²) in [4.78, 5) is 2.27. The highest BCUT2D eigenvalue weighted by atomic mass is 15.4. The zero-order valence-electron chi connectivity index (χ0n) is 14.3. The van der Waals surface area contributed by atoms with Crippen LogP contribution in [0.2, 0.25) is 0 Å². The van der Waals surface area contributed by atoms with Crippen LogP contribution in [0.5, 0.6) is 0 Å². The molecule has 4 rings (SSSR count). The molecular formula is C18H22N6. The molecule has 0 spiro atoms. The van der Waals surface area contributed by atoms with Crippen LogP contribution in [-0.2, 0) is 19.6 Å². The van der Waals surface area contributed by atoms with Crippen LogP contribution >= 0.6 is 0 Å². The summed E-state index contributed by atoms with van der Waals surface area (Å²) in [7, 11) is 0. The first-order chi connectivity index (χ1) is 11.6. The second kappa shape index (κ2) is 5.78. The van der Waals surface area contributed by atoms with E-state index in [1.165, 1.54) is 11.3 Å². The van der Waals surface area contributed by atoms with Crippen LogP contribution in [0.15, 0.2) is 36.7 Å². The Morgan fingerprint density at radius 2 is 1.88 bits per heavy atom. The van der Waals surface area contributed by atoms with Crippen molar-refractivity contribution in [3.8, 4) is 0 Å². The van der Waals surface area contributed by atoms with Crippen molar-refractivity contribution in [1.82, 2.24) is 24.5 Å². The molecule has 0 aromatic carbocycles. The molecule has 1 aliphatic heterocycles. The maximum absolute atomic E-state index is 4.88. The molecule has 0 amide bonds. The lowest BCUT2D eigenvalue weighted by Gasteiger charge is -2.18. The van der Waals surface area contributed by atoms with Gasteiger partial charge in [0.15, 0.2) is 5.82 Å². The van der Waals surface area contributed by atoms with Gasteiger partial charge in [0.05, 0.1) is 30.2 Å². The molecule has 6 heteroatoms. The summed E-state index contributed by atoms with van der Waals surface area (Å²) in [6, 6.07) is 8.51. The van der Waals surface area contributed by atoms with Crippen molar-refractivity contribution in [2.24, 2.45) is 0 Å². The predicted octanol–water partition coefficient (Wildman–Crippen LogP) is 2.93. The quantitative estimate of drug-likeness (QED) is 0.741. The summed E-state index contributed by atoms with van der Waals surface area (Å²) in [5.41, 5.74) is 4.73. The second-order valence-electron chi connectivity index (χ2n) is 6.65. The molecule has 3 aromatic heterocycles. The van der Waals surface area contributed by atoms with Gasteiger partial charge in [-0.3, -0.25) is 4.68 Å². The first kappa shape index (κ1) is 14.9. The van der Waals surface area contributed by atoms with E-state index in [1.807, 2.05) is 31.2 Å². The summed E-state index contributed by atoms with van der Waals surface area (Å²) >= 11 is 0. The minimum absolute atomic E-state index is 0.348. The normalized spacial score (nSPS) is 13.8. The maximum atomic E-state index is 4.88. The van der Waals surface area contributed by atoms with E-state index in [-0.39, 0.29) is 0 Å². The Balaban J connectivity index is 1.67. The van der Waals surface area contributed by atoms with Crippen LogP contribution < -0.4 is 4.90 Å². The second-order valence-corrected chi connectivity index (χ2v) is 6.65. The summed E-state index contributed by atoms with van der Waals surface area (Å²) in [6.07, 6.45) is 4.16. The minimum Gasteiger partial charge on any atom is -0.348 e. The zero-order valence-corrected chi connectivity index (χ0v) is 14.3. The van der Waals surface area contributed by atoms with Crippen LogP contribution in [-0.4, -0.2) is 24.5 Å². The monoisotopic (exact) mass is 322 g/mol. The predicted molar refractivity (Wildman–Crippen MR) is 92.8 cm³/mol. The van der Waals surface area contributed by atoms with Crippen molar-refractivity contribution in [3.05, 3.63) is 59.3 Å². The third kappa shape index (κ3) is 2.58. The molecule has 124 valence electrons. The average molecular weight is 322 g/mol. The Morgan fingerprint density at radius 3 is 2.54 bits per heavy atom. The zero-order chi connectivity index (χ0) is 16.7. The fourth-order valence-electron chi connectivity index (χ4n) is 3.26. The lowest BCUT2D eigenvalue weighted by Crippen LogP contribution is -2.20. The first-order valence-electron chi connectivity index (χ1n) is 8.37. The number of hydrogen-bond donors (Lipinski definition) is 0. The highest BCUT2D eigenvalue weighted by molar-refractivity contribution is 5.46.